The molecule has 0 heterocycles. The van der Waals surface area contributed by atoms with Gasteiger partial charge < -0.3 is 8.97 Å². The van der Waals surface area contributed by atoms with Gasteiger partial charge >= 0.3 is 0 Å². The van der Waals surface area contributed by atoms with Gasteiger partial charge in [-0.1, -0.05) is 60.7 Å². The lowest BCUT2D eigenvalue weighted by molar-refractivity contribution is -0.958. The minimum absolute atomic E-state index is 1.03. The summed E-state index contributed by atoms with van der Waals surface area (Å²) in [6, 6.07) is 21.6. The number of quaternary nitrogens is 2. The number of nitrogens with one attached hydrogen (secondary N) is 2. The van der Waals surface area contributed by atoms with Crippen LogP contribution in [-0.2, 0) is 13.1 Å². The van der Waals surface area contributed by atoms with Crippen LogP contribution in [0.3, 0.4) is 0 Å². The van der Waals surface area contributed by atoms with Gasteiger partial charge in [-0.05, 0) is 24.4 Å². The monoisotopic (exact) mass is 416 g/mol. The van der Waals surface area contributed by atoms with Crippen molar-refractivity contribution < 1.29 is 8.97 Å². The zero-order valence-corrected chi connectivity index (χ0v) is 18.9. The Morgan fingerprint density at radius 2 is 0.893 bits per heavy atom. The largest absolute Gasteiger partial charge is 0.320 e. The van der Waals surface area contributed by atoms with Gasteiger partial charge in [-0.3, -0.25) is 0 Å². The van der Waals surface area contributed by atoms with Crippen LogP contribution >= 0.6 is 24.4 Å². The summed E-state index contributed by atoms with van der Waals surface area (Å²) >= 11 is 7.62. The van der Waals surface area contributed by atoms with Crippen LogP contribution in [-0.4, -0.2) is 60.6 Å². The van der Waals surface area contributed by atoms with Crippen LogP contribution in [0.15, 0.2) is 60.7 Å². The number of benzene rings is 2. The minimum atomic E-state index is 1.03. The molecule has 0 saturated heterocycles. The Morgan fingerprint density at radius 1 is 0.643 bits per heavy atom. The summed E-state index contributed by atoms with van der Waals surface area (Å²) in [5.41, 5.74) is 2.83. The topological polar surface area (TPSA) is 47.7 Å². The normalized spacial score (nSPS) is 10.3. The van der Waals surface area contributed by atoms with Gasteiger partial charge in [0.15, 0.2) is 0 Å². The number of likely N-dealkylation sites (N-methyl/N-ethyl adjacent to an activating group) is 2. The number of thiocarbonyl (C=S) groups is 2. The van der Waals surface area contributed by atoms with Gasteiger partial charge in [0.1, 0.15) is 26.2 Å². The quantitative estimate of drug-likeness (QED) is 0.384. The maximum absolute atomic E-state index is 5.77. The Hall–Kier alpha value is -2.04. The summed E-state index contributed by atoms with van der Waals surface area (Å²) < 4.78 is 2.06. The van der Waals surface area contributed by atoms with Crippen molar-refractivity contribution in [2.45, 2.75) is 13.1 Å². The van der Waals surface area contributed by atoms with Crippen molar-refractivity contribution in [2.75, 3.05) is 41.3 Å². The molecule has 0 amide bonds. The molecule has 0 aromatic heterocycles. The van der Waals surface area contributed by atoms with E-state index in [0.29, 0.717) is 0 Å². The molecule has 0 aliphatic carbocycles. The SMILES string of the molecule is C[N+](C)(CC[N+](C)(C)Cc1ccccc1)Cc1ccccc1.N=C=S.N=C=S. The Bertz CT molecular complexity index is 666. The molecule has 150 valence electrons. The van der Waals surface area contributed by atoms with E-state index >= 15 is 0 Å². The lowest BCUT2D eigenvalue weighted by Crippen LogP contribution is -2.49. The molecule has 4 nitrogen and oxygen atoms in total. The average Bonchev–Trinajstić information content (AvgIpc) is 2.63. The zero-order valence-electron chi connectivity index (χ0n) is 17.3. The molecule has 2 N–H and O–H groups in total. The third-order valence-electron chi connectivity index (χ3n) is 4.22. The van der Waals surface area contributed by atoms with E-state index in [1.165, 1.54) is 24.2 Å². The summed E-state index contributed by atoms with van der Waals surface area (Å²) in [4.78, 5) is 0. The van der Waals surface area contributed by atoms with E-state index in [2.05, 4.69) is 113 Å². The van der Waals surface area contributed by atoms with E-state index in [0.717, 1.165) is 22.1 Å². The van der Waals surface area contributed by atoms with Gasteiger partial charge in [0.2, 0.25) is 0 Å². The Morgan fingerprint density at radius 3 is 1.14 bits per heavy atom. The second kappa shape index (κ2) is 14.0. The molecule has 0 fully saturated rings. The molecule has 0 spiro atoms. The van der Waals surface area contributed by atoms with Crippen molar-refractivity contribution in [3.63, 3.8) is 0 Å². The van der Waals surface area contributed by atoms with E-state index in [1.54, 1.807) is 10.3 Å². The molecule has 0 bridgehead atoms. The highest BCUT2D eigenvalue weighted by atomic mass is 32.1. The highest BCUT2D eigenvalue weighted by Crippen LogP contribution is 2.13. The third-order valence-corrected chi connectivity index (χ3v) is 4.22. The number of hydrogen-bond acceptors (Lipinski definition) is 4. The van der Waals surface area contributed by atoms with E-state index in [9.17, 15) is 0 Å². The Kier molecular flexibility index (Phi) is 13.0. The van der Waals surface area contributed by atoms with Crippen molar-refractivity contribution >= 4 is 34.8 Å². The third kappa shape index (κ3) is 13.2. The van der Waals surface area contributed by atoms with Gasteiger partial charge in [0.05, 0.1) is 38.5 Å². The van der Waals surface area contributed by atoms with Crippen LogP contribution in [0, 0.1) is 10.8 Å². The molecule has 0 radical (unpaired) electrons. The van der Waals surface area contributed by atoms with E-state index in [-0.39, 0.29) is 0 Å². The first-order chi connectivity index (χ1) is 13.2. The second-order valence-corrected chi connectivity index (χ2v) is 8.22. The molecule has 0 aliphatic heterocycles. The number of isothiocyanates is 2. The molecule has 2 aromatic rings. The summed E-state index contributed by atoms with van der Waals surface area (Å²) in [6.45, 7) is 4.53. The summed E-state index contributed by atoms with van der Waals surface area (Å²) in [6.07, 6.45) is 0. The van der Waals surface area contributed by atoms with Gasteiger partial charge in [-0.25, -0.2) is 10.8 Å². The standard InChI is InChI=1S/C20H30N2.2CHNS/c1-21(2,17-19-11-7-5-8-12-19)15-16-22(3,4)18-20-13-9-6-10-14-20;2*2-1-3/h5-14H,15-18H2,1-4H3;2*2H/q+2;;. The van der Waals surface area contributed by atoms with Crippen molar-refractivity contribution in [3.8, 4) is 0 Å². The molecule has 6 heteroatoms. The molecule has 0 aliphatic rings. The van der Waals surface area contributed by atoms with Crippen LogP contribution in [0.4, 0.5) is 0 Å². The van der Waals surface area contributed by atoms with Crippen molar-refractivity contribution in [1.82, 2.24) is 0 Å². The van der Waals surface area contributed by atoms with Crippen LogP contribution in [0.2, 0.25) is 0 Å². The number of nitrogens with zero attached hydrogens (tertiary/aromatic N) is 2. The lowest BCUT2D eigenvalue weighted by atomic mass is 10.2. The highest BCUT2D eigenvalue weighted by molar-refractivity contribution is 7.78. The molecule has 0 unspecified atom stereocenters. The first-order valence-corrected chi connectivity index (χ1v) is 9.81. The van der Waals surface area contributed by atoms with Gasteiger partial charge in [-0.15, -0.1) is 0 Å². The lowest BCUT2D eigenvalue weighted by Gasteiger charge is -2.35. The fourth-order valence-electron chi connectivity index (χ4n) is 2.85. The highest BCUT2D eigenvalue weighted by Gasteiger charge is 2.23. The predicted molar refractivity (Wildman–Crippen MR) is 125 cm³/mol. The molecule has 0 atom stereocenters. The van der Waals surface area contributed by atoms with E-state index in [4.69, 9.17) is 10.8 Å². The molecule has 2 rings (SSSR count). The van der Waals surface area contributed by atoms with Crippen LogP contribution < -0.4 is 0 Å². The fraction of sp³-hybridized carbons (Fsp3) is 0.364. The molecule has 28 heavy (non-hydrogen) atoms. The summed E-state index contributed by atoms with van der Waals surface area (Å²) in [5.74, 6) is 0. The van der Waals surface area contributed by atoms with Gasteiger partial charge in [-0.2, -0.15) is 0 Å². The Labute approximate surface area is 180 Å². The van der Waals surface area contributed by atoms with Crippen LogP contribution in [0.5, 0.6) is 0 Å². The maximum atomic E-state index is 5.77. The van der Waals surface area contributed by atoms with E-state index < -0.39 is 0 Å². The zero-order chi connectivity index (χ0) is 21.5. The average molecular weight is 417 g/mol. The molecule has 2 aromatic carbocycles. The van der Waals surface area contributed by atoms with Crippen LogP contribution in [0.25, 0.3) is 0 Å². The minimum Gasteiger partial charge on any atom is -0.320 e. The summed E-state index contributed by atoms with van der Waals surface area (Å²) in [5, 5.41) is 14.7. The first-order valence-electron chi connectivity index (χ1n) is 8.99. The first kappa shape index (κ1) is 26.0. The Balaban J connectivity index is 0.00000108. The number of rotatable bonds is 7. The molecular weight excluding hydrogens is 384 g/mol. The molecule has 0 saturated carbocycles. The summed E-state index contributed by atoms with van der Waals surface area (Å²) in [7, 11) is 9.32. The maximum Gasteiger partial charge on any atom is 0.128 e. The number of hydrogen-bond donors (Lipinski definition) is 2. The predicted octanol–water partition coefficient (Wildman–Crippen LogP) is 4.88. The van der Waals surface area contributed by atoms with E-state index in [1.807, 2.05) is 0 Å². The van der Waals surface area contributed by atoms with Crippen molar-refractivity contribution in [3.05, 3.63) is 71.8 Å². The van der Waals surface area contributed by atoms with Gasteiger partial charge in [0, 0.05) is 11.1 Å². The second-order valence-electron chi connectivity index (χ2n) is 7.81. The van der Waals surface area contributed by atoms with Gasteiger partial charge in [0.25, 0.3) is 0 Å². The van der Waals surface area contributed by atoms with Crippen molar-refractivity contribution in [1.29, 1.82) is 10.8 Å². The van der Waals surface area contributed by atoms with Crippen molar-refractivity contribution in [2.24, 2.45) is 0 Å². The van der Waals surface area contributed by atoms with Crippen LogP contribution in [0.1, 0.15) is 11.1 Å². The molecular formula is C22H32N4S2+2. The fourth-order valence-corrected chi connectivity index (χ4v) is 2.85. The smallest absolute Gasteiger partial charge is 0.128 e.